The molecule has 0 aromatic heterocycles. The molecule has 1 nitrogen and oxygen atoms in total. The Morgan fingerprint density at radius 1 is 1.45 bits per heavy atom. The van der Waals surface area contributed by atoms with Crippen LogP contribution in [0.4, 0.5) is 0 Å². The van der Waals surface area contributed by atoms with Crippen LogP contribution in [0.3, 0.4) is 0 Å². The molecular formula is C9H8OW. The summed E-state index contributed by atoms with van der Waals surface area (Å²) in [5.74, 6) is 0. The van der Waals surface area contributed by atoms with Crippen LogP contribution >= 0.6 is 0 Å². The zero-order valence-corrected chi connectivity index (χ0v) is 9.19. The van der Waals surface area contributed by atoms with Gasteiger partial charge in [0.15, 0.2) is 0 Å². The molecule has 56 valence electrons. The van der Waals surface area contributed by atoms with Crippen LogP contribution in [0.15, 0.2) is 18.2 Å². The van der Waals surface area contributed by atoms with Gasteiger partial charge < -0.3 is 4.79 Å². The van der Waals surface area contributed by atoms with E-state index in [-0.39, 0.29) is 21.1 Å². The molecule has 0 aliphatic heterocycles. The Labute approximate surface area is 81.1 Å². The minimum absolute atomic E-state index is 0. The molecule has 11 heavy (non-hydrogen) atoms. The summed E-state index contributed by atoms with van der Waals surface area (Å²) in [4.78, 5) is 10.2. The minimum Gasteiger partial charge on any atom is -0.391 e. The average Bonchev–Trinajstić information content (AvgIpc) is 1.94. The SMILES string of the molecule is [CH2-]c1ccc(C)cc1[C-]=O.[W+2]. The van der Waals surface area contributed by atoms with Gasteiger partial charge in [0.2, 0.25) is 0 Å². The quantitative estimate of drug-likeness (QED) is 0.720. The standard InChI is InChI=1S/C9H8O.W/c1-7-3-4-8(2)9(5-7)6-10;/h3-5H,2H2,1H3;/q-2;+2. The number of hydrogen-bond donors (Lipinski definition) is 0. The Balaban J connectivity index is 0.000001000. The van der Waals surface area contributed by atoms with Crippen LogP contribution in [0.1, 0.15) is 16.7 Å². The van der Waals surface area contributed by atoms with Crippen molar-refractivity contribution in [2.24, 2.45) is 0 Å². The first-order valence-corrected chi connectivity index (χ1v) is 3.05. The molecule has 0 aliphatic rings. The summed E-state index contributed by atoms with van der Waals surface area (Å²) in [7, 11) is 0. The summed E-state index contributed by atoms with van der Waals surface area (Å²) in [6.07, 6.45) is 1.82. The van der Waals surface area contributed by atoms with Gasteiger partial charge in [-0.2, -0.15) is 0 Å². The van der Waals surface area contributed by atoms with Crippen molar-refractivity contribution in [3.05, 3.63) is 41.8 Å². The molecule has 0 saturated carbocycles. The number of aryl methyl sites for hydroxylation is 1. The van der Waals surface area contributed by atoms with Gasteiger partial charge in [0.05, 0.1) is 0 Å². The van der Waals surface area contributed by atoms with Crippen molar-refractivity contribution in [2.75, 3.05) is 0 Å². The van der Waals surface area contributed by atoms with Crippen molar-refractivity contribution in [2.45, 2.75) is 6.92 Å². The van der Waals surface area contributed by atoms with E-state index in [0.717, 1.165) is 11.1 Å². The number of hydrogen-bond acceptors (Lipinski definition) is 1. The predicted octanol–water partition coefficient (Wildman–Crippen LogP) is 1.63. The maximum atomic E-state index is 10.2. The molecule has 1 rings (SSSR count). The molecule has 1 aromatic rings. The molecule has 0 atom stereocenters. The normalized spacial score (nSPS) is 8.45. The molecule has 1 aromatic carbocycles. The van der Waals surface area contributed by atoms with E-state index in [2.05, 4.69) is 6.92 Å². The van der Waals surface area contributed by atoms with Gasteiger partial charge in [0.1, 0.15) is 0 Å². The molecule has 0 heterocycles. The van der Waals surface area contributed by atoms with Crippen LogP contribution in [-0.4, -0.2) is 6.29 Å². The van der Waals surface area contributed by atoms with Gasteiger partial charge >= 0.3 is 21.1 Å². The summed E-state index contributed by atoms with van der Waals surface area (Å²) in [5, 5.41) is 0. The first-order chi connectivity index (χ1) is 4.74. The predicted molar refractivity (Wildman–Crippen MR) is 40.4 cm³/mol. The smallest absolute Gasteiger partial charge is 0.391 e. The number of rotatable bonds is 1. The number of carbonyl (C=O) groups excluding carboxylic acids is 1. The first-order valence-electron chi connectivity index (χ1n) is 3.05. The molecule has 0 radical (unpaired) electrons. The summed E-state index contributed by atoms with van der Waals surface area (Å²) in [6.45, 7) is 5.60. The Morgan fingerprint density at radius 2 is 2.09 bits per heavy atom. The van der Waals surface area contributed by atoms with Crippen LogP contribution in [0.25, 0.3) is 0 Å². The van der Waals surface area contributed by atoms with Crippen LogP contribution in [0.2, 0.25) is 0 Å². The zero-order chi connectivity index (χ0) is 7.56. The van der Waals surface area contributed by atoms with E-state index in [1.807, 2.05) is 25.3 Å². The molecule has 0 unspecified atom stereocenters. The van der Waals surface area contributed by atoms with Crippen molar-refractivity contribution in [1.29, 1.82) is 0 Å². The second kappa shape index (κ2) is 4.35. The van der Waals surface area contributed by atoms with Crippen molar-refractivity contribution < 1.29 is 25.9 Å². The zero-order valence-electron chi connectivity index (χ0n) is 6.26. The molecule has 0 spiro atoms. The molecule has 0 N–H and O–H groups in total. The third kappa shape index (κ3) is 2.51. The molecule has 0 amide bonds. The molecule has 0 saturated heterocycles. The van der Waals surface area contributed by atoms with Gasteiger partial charge in [-0.05, 0) is 6.29 Å². The number of benzene rings is 1. The fraction of sp³-hybridized carbons (Fsp3) is 0.111. The van der Waals surface area contributed by atoms with Gasteiger partial charge in [-0.15, -0.1) is 11.6 Å². The third-order valence-corrected chi connectivity index (χ3v) is 1.38. The maximum Gasteiger partial charge on any atom is 2.00 e. The topological polar surface area (TPSA) is 17.1 Å². The van der Waals surface area contributed by atoms with Crippen molar-refractivity contribution in [1.82, 2.24) is 0 Å². The molecular weight excluding hydrogens is 308 g/mol. The second-order valence-electron chi connectivity index (χ2n) is 2.26. The molecule has 0 fully saturated rings. The van der Waals surface area contributed by atoms with Gasteiger partial charge in [-0.1, -0.05) is 6.92 Å². The Hall–Kier alpha value is -0.552. The van der Waals surface area contributed by atoms with E-state index in [4.69, 9.17) is 0 Å². The van der Waals surface area contributed by atoms with E-state index >= 15 is 0 Å². The summed E-state index contributed by atoms with van der Waals surface area (Å²) < 4.78 is 0. The monoisotopic (exact) mass is 316 g/mol. The van der Waals surface area contributed by atoms with Crippen LogP contribution in [0.5, 0.6) is 0 Å². The largest absolute Gasteiger partial charge is 2.00 e. The Bertz CT molecular complexity index is 256. The van der Waals surface area contributed by atoms with Gasteiger partial charge in [-0.25, -0.2) is 12.1 Å². The second-order valence-corrected chi connectivity index (χ2v) is 2.26. The van der Waals surface area contributed by atoms with Gasteiger partial charge in [-0.3, -0.25) is 18.1 Å². The van der Waals surface area contributed by atoms with E-state index in [1.54, 1.807) is 6.07 Å². The van der Waals surface area contributed by atoms with E-state index in [9.17, 15) is 4.79 Å². The Kier molecular flexibility index (Phi) is 4.13. The first kappa shape index (κ1) is 10.4. The van der Waals surface area contributed by atoms with E-state index < -0.39 is 0 Å². The van der Waals surface area contributed by atoms with Gasteiger partial charge in [0, 0.05) is 0 Å². The van der Waals surface area contributed by atoms with Crippen LogP contribution in [-0.2, 0) is 25.9 Å². The van der Waals surface area contributed by atoms with Gasteiger partial charge in [0.25, 0.3) is 0 Å². The average molecular weight is 316 g/mol. The molecule has 2 heteroatoms. The van der Waals surface area contributed by atoms with E-state index in [0.29, 0.717) is 5.56 Å². The molecule has 0 bridgehead atoms. The van der Waals surface area contributed by atoms with Crippen LogP contribution < -0.4 is 0 Å². The third-order valence-electron chi connectivity index (χ3n) is 1.38. The minimum atomic E-state index is 0. The van der Waals surface area contributed by atoms with Crippen LogP contribution in [0, 0.1) is 13.8 Å². The van der Waals surface area contributed by atoms with E-state index in [1.165, 1.54) is 0 Å². The van der Waals surface area contributed by atoms with Crippen molar-refractivity contribution >= 4 is 6.29 Å². The fourth-order valence-electron chi connectivity index (χ4n) is 0.785. The summed E-state index contributed by atoms with van der Waals surface area (Å²) in [6, 6.07) is 5.51. The fourth-order valence-corrected chi connectivity index (χ4v) is 0.785. The molecule has 0 aliphatic carbocycles. The van der Waals surface area contributed by atoms with Crippen molar-refractivity contribution in [3.8, 4) is 0 Å². The summed E-state index contributed by atoms with van der Waals surface area (Å²) in [5.41, 5.74) is 2.35. The maximum absolute atomic E-state index is 10.2. The van der Waals surface area contributed by atoms with Crippen molar-refractivity contribution in [3.63, 3.8) is 0 Å². The summed E-state index contributed by atoms with van der Waals surface area (Å²) >= 11 is 0. The Morgan fingerprint density at radius 3 is 2.55 bits per heavy atom.